The van der Waals surface area contributed by atoms with Crippen molar-refractivity contribution in [1.29, 1.82) is 0 Å². The number of halogens is 1. The zero-order chi connectivity index (χ0) is 16.3. The number of benzene rings is 1. The highest BCUT2D eigenvalue weighted by Gasteiger charge is 2.32. The van der Waals surface area contributed by atoms with Gasteiger partial charge in [0.1, 0.15) is 5.82 Å². The Bertz CT molecular complexity index is 561. The quantitative estimate of drug-likeness (QED) is 0.898. The molecule has 5 nitrogen and oxygen atoms in total. The highest BCUT2D eigenvalue weighted by molar-refractivity contribution is 5.75. The minimum absolute atomic E-state index is 0.0225. The highest BCUT2D eigenvalue weighted by atomic mass is 19.1. The van der Waals surface area contributed by atoms with Gasteiger partial charge in [-0.1, -0.05) is 12.1 Å². The summed E-state index contributed by atoms with van der Waals surface area (Å²) in [5.74, 6) is -0.215. The number of hydrogen-bond donors (Lipinski definition) is 2. The van der Waals surface area contributed by atoms with Crippen molar-refractivity contribution >= 4 is 11.7 Å². The summed E-state index contributed by atoms with van der Waals surface area (Å²) in [7, 11) is 0. The molecule has 2 aliphatic heterocycles. The van der Waals surface area contributed by atoms with Crippen LogP contribution < -0.4 is 15.5 Å². The SMILES string of the molecule is C[C@]1(NC(=O)N[C@@H]2CCCN(c3ccccc3F)C2)CCOC1. The number of anilines is 1. The van der Waals surface area contributed by atoms with Crippen LogP contribution in [-0.4, -0.2) is 43.9 Å². The van der Waals surface area contributed by atoms with E-state index in [0.29, 0.717) is 25.4 Å². The van der Waals surface area contributed by atoms with Gasteiger partial charge in [0.15, 0.2) is 0 Å². The number of hydrogen-bond acceptors (Lipinski definition) is 3. The first kappa shape index (κ1) is 16.1. The molecule has 0 radical (unpaired) electrons. The first-order valence-corrected chi connectivity index (χ1v) is 8.22. The first-order valence-electron chi connectivity index (χ1n) is 8.22. The Kier molecular flexibility index (Phi) is 4.71. The summed E-state index contributed by atoms with van der Waals surface area (Å²) < 4.78 is 19.3. The van der Waals surface area contributed by atoms with E-state index in [1.54, 1.807) is 12.1 Å². The Hall–Kier alpha value is -1.82. The molecule has 2 fully saturated rings. The third-order valence-electron chi connectivity index (χ3n) is 4.58. The predicted molar refractivity (Wildman–Crippen MR) is 87.1 cm³/mol. The Balaban J connectivity index is 1.56. The fourth-order valence-corrected chi connectivity index (χ4v) is 3.28. The topological polar surface area (TPSA) is 53.6 Å². The molecule has 2 aliphatic rings. The number of amides is 2. The lowest BCUT2D eigenvalue weighted by atomic mass is 10.0. The summed E-state index contributed by atoms with van der Waals surface area (Å²) >= 11 is 0. The first-order chi connectivity index (χ1) is 11.1. The van der Waals surface area contributed by atoms with Crippen molar-refractivity contribution in [3.63, 3.8) is 0 Å². The number of nitrogens with one attached hydrogen (secondary N) is 2. The Morgan fingerprint density at radius 1 is 1.43 bits per heavy atom. The summed E-state index contributed by atoms with van der Waals surface area (Å²) in [6.07, 6.45) is 2.66. The highest BCUT2D eigenvalue weighted by Crippen LogP contribution is 2.23. The van der Waals surface area contributed by atoms with Crippen LogP contribution in [0.25, 0.3) is 0 Å². The van der Waals surface area contributed by atoms with Crippen LogP contribution in [0.3, 0.4) is 0 Å². The van der Waals surface area contributed by atoms with Gasteiger partial charge in [-0.3, -0.25) is 0 Å². The number of carbonyl (C=O) groups excluding carboxylic acids is 1. The van der Waals surface area contributed by atoms with Gasteiger partial charge in [-0.05, 0) is 38.3 Å². The number of urea groups is 1. The summed E-state index contributed by atoms with van der Waals surface area (Å²) in [6, 6.07) is 6.64. The zero-order valence-electron chi connectivity index (χ0n) is 13.5. The minimum Gasteiger partial charge on any atom is -0.379 e. The molecule has 0 aromatic heterocycles. The van der Waals surface area contributed by atoms with Crippen molar-refractivity contribution in [2.75, 3.05) is 31.2 Å². The molecule has 2 N–H and O–H groups in total. The standard InChI is InChI=1S/C17H24FN3O2/c1-17(8-10-23-12-17)20-16(22)19-13-5-4-9-21(11-13)15-7-3-2-6-14(15)18/h2-3,6-7,13H,4-5,8-12H2,1H3,(H2,19,20,22)/t13-,17+/m1/s1. The molecule has 0 bridgehead atoms. The smallest absolute Gasteiger partial charge is 0.315 e. The van der Waals surface area contributed by atoms with E-state index in [9.17, 15) is 9.18 Å². The van der Waals surface area contributed by atoms with Crippen molar-refractivity contribution in [3.05, 3.63) is 30.1 Å². The molecule has 3 rings (SSSR count). The molecule has 2 atom stereocenters. The second-order valence-corrected chi connectivity index (χ2v) is 6.70. The van der Waals surface area contributed by atoms with Crippen LogP contribution in [0.4, 0.5) is 14.9 Å². The van der Waals surface area contributed by atoms with Crippen molar-refractivity contribution in [1.82, 2.24) is 10.6 Å². The lowest BCUT2D eigenvalue weighted by molar-refractivity contribution is 0.169. The number of nitrogens with zero attached hydrogens (tertiary/aromatic N) is 1. The molecule has 2 amide bonds. The van der Waals surface area contributed by atoms with Gasteiger partial charge in [-0.25, -0.2) is 9.18 Å². The van der Waals surface area contributed by atoms with E-state index in [1.807, 2.05) is 17.9 Å². The second kappa shape index (κ2) is 6.74. The maximum Gasteiger partial charge on any atom is 0.315 e. The second-order valence-electron chi connectivity index (χ2n) is 6.70. The Morgan fingerprint density at radius 3 is 3.00 bits per heavy atom. The maximum absolute atomic E-state index is 13.9. The summed E-state index contributed by atoms with van der Waals surface area (Å²) in [5.41, 5.74) is 0.319. The molecule has 0 saturated carbocycles. The molecule has 0 spiro atoms. The summed E-state index contributed by atoms with van der Waals surface area (Å²) in [5, 5.41) is 6.02. The third-order valence-corrected chi connectivity index (χ3v) is 4.58. The van der Waals surface area contributed by atoms with Gasteiger partial charge in [0, 0.05) is 25.7 Å². The molecular weight excluding hydrogens is 297 g/mol. The van der Waals surface area contributed by atoms with E-state index in [0.717, 1.165) is 25.8 Å². The Morgan fingerprint density at radius 2 is 2.26 bits per heavy atom. The molecule has 126 valence electrons. The average Bonchev–Trinajstić information content (AvgIpc) is 2.94. The lowest BCUT2D eigenvalue weighted by Gasteiger charge is -2.35. The van der Waals surface area contributed by atoms with Crippen molar-refractivity contribution in [3.8, 4) is 0 Å². The fourth-order valence-electron chi connectivity index (χ4n) is 3.28. The van der Waals surface area contributed by atoms with Gasteiger partial charge in [-0.15, -0.1) is 0 Å². The van der Waals surface area contributed by atoms with Gasteiger partial charge >= 0.3 is 6.03 Å². The van der Waals surface area contributed by atoms with Gasteiger partial charge in [-0.2, -0.15) is 0 Å². The minimum atomic E-state index is -0.288. The maximum atomic E-state index is 13.9. The molecule has 1 aromatic rings. The number of rotatable bonds is 3. The molecule has 1 aromatic carbocycles. The van der Waals surface area contributed by atoms with Crippen LogP contribution >= 0.6 is 0 Å². The van der Waals surface area contributed by atoms with Crippen LogP contribution in [0, 0.1) is 5.82 Å². The molecule has 6 heteroatoms. The molecule has 23 heavy (non-hydrogen) atoms. The molecule has 2 saturated heterocycles. The zero-order valence-corrected chi connectivity index (χ0v) is 13.5. The van der Waals surface area contributed by atoms with Crippen LogP contribution in [0.15, 0.2) is 24.3 Å². The van der Waals surface area contributed by atoms with E-state index in [1.165, 1.54) is 6.07 Å². The van der Waals surface area contributed by atoms with Crippen LogP contribution in [0.1, 0.15) is 26.2 Å². The average molecular weight is 321 g/mol. The molecular formula is C17H24FN3O2. The van der Waals surface area contributed by atoms with Crippen molar-refractivity contribution in [2.45, 2.75) is 37.8 Å². The van der Waals surface area contributed by atoms with Gasteiger partial charge < -0.3 is 20.3 Å². The van der Waals surface area contributed by atoms with Gasteiger partial charge in [0.05, 0.1) is 17.8 Å². The summed E-state index contributed by atoms with van der Waals surface area (Å²) in [4.78, 5) is 14.2. The van der Waals surface area contributed by atoms with Crippen molar-refractivity contribution in [2.24, 2.45) is 0 Å². The third kappa shape index (κ3) is 3.93. The van der Waals surface area contributed by atoms with Gasteiger partial charge in [0.25, 0.3) is 0 Å². The number of ether oxygens (including phenoxy) is 1. The normalized spacial score (nSPS) is 27.7. The van der Waals surface area contributed by atoms with Crippen LogP contribution in [0.2, 0.25) is 0 Å². The number of piperidine rings is 1. The van der Waals surface area contributed by atoms with E-state index in [4.69, 9.17) is 4.74 Å². The molecule has 0 aliphatic carbocycles. The van der Waals surface area contributed by atoms with E-state index < -0.39 is 0 Å². The Labute approximate surface area is 136 Å². The number of carbonyl (C=O) groups is 1. The predicted octanol–water partition coefficient (Wildman–Crippen LogP) is 2.27. The van der Waals surface area contributed by atoms with Crippen LogP contribution in [0.5, 0.6) is 0 Å². The molecule has 0 unspecified atom stereocenters. The van der Waals surface area contributed by atoms with Crippen LogP contribution in [-0.2, 0) is 4.74 Å². The monoisotopic (exact) mass is 321 g/mol. The molecule has 2 heterocycles. The van der Waals surface area contributed by atoms with Gasteiger partial charge in [0.2, 0.25) is 0 Å². The fraction of sp³-hybridized carbons (Fsp3) is 0.588. The number of para-hydroxylation sites is 1. The van der Waals surface area contributed by atoms with E-state index >= 15 is 0 Å². The largest absolute Gasteiger partial charge is 0.379 e. The summed E-state index contributed by atoms with van der Waals surface area (Å²) in [6.45, 7) is 4.66. The van der Waals surface area contributed by atoms with Crippen molar-refractivity contribution < 1.29 is 13.9 Å². The van der Waals surface area contributed by atoms with E-state index in [-0.39, 0.29) is 23.4 Å². The lowest BCUT2D eigenvalue weighted by Crippen LogP contribution is -2.56. The van der Waals surface area contributed by atoms with E-state index in [2.05, 4.69) is 10.6 Å².